The maximum absolute atomic E-state index is 13.9. The van der Waals surface area contributed by atoms with Crippen LogP contribution in [0.2, 0.25) is 0 Å². The van der Waals surface area contributed by atoms with Crippen molar-refractivity contribution >= 4 is 0 Å². The van der Waals surface area contributed by atoms with Crippen molar-refractivity contribution in [1.29, 1.82) is 5.26 Å². The van der Waals surface area contributed by atoms with Gasteiger partial charge < -0.3 is 0 Å². The van der Waals surface area contributed by atoms with Crippen molar-refractivity contribution in [3.05, 3.63) is 71.3 Å². The summed E-state index contributed by atoms with van der Waals surface area (Å²) >= 11 is 0. The van der Waals surface area contributed by atoms with Crippen LogP contribution in [-0.4, -0.2) is 17.5 Å². The molecule has 0 radical (unpaired) electrons. The van der Waals surface area contributed by atoms with Gasteiger partial charge in [-0.05, 0) is 67.8 Å². The van der Waals surface area contributed by atoms with Crippen molar-refractivity contribution in [2.45, 2.75) is 64.0 Å². The number of halogens is 2. The highest BCUT2D eigenvalue weighted by molar-refractivity contribution is 5.36. The fourth-order valence-electron chi connectivity index (χ4n) is 4.50. The summed E-state index contributed by atoms with van der Waals surface area (Å²) in [6.45, 7) is 6.16. The minimum absolute atomic E-state index is 0.235. The van der Waals surface area contributed by atoms with Gasteiger partial charge in [0.1, 0.15) is 0 Å². The van der Waals surface area contributed by atoms with Gasteiger partial charge in [0.2, 0.25) is 0 Å². The van der Waals surface area contributed by atoms with Crippen LogP contribution >= 0.6 is 0 Å². The minimum atomic E-state index is -0.867. The highest BCUT2D eigenvalue weighted by Gasteiger charge is 2.47. The molecule has 0 N–H and O–H groups in total. The summed E-state index contributed by atoms with van der Waals surface area (Å²) in [5.74, 6) is -1.49. The molecule has 1 aliphatic carbocycles. The third-order valence-electron chi connectivity index (χ3n) is 6.40. The van der Waals surface area contributed by atoms with E-state index in [1.54, 1.807) is 6.07 Å². The summed E-state index contributed by atoms with van der Waals surface area (Å²) in [7, 11) is 0. The first-order valence-electron chi connectivity index (χ1n) is 10.7. The Morgan fingerprint density at radius 3 is 2.38 bits per heavy atom. The molecule has 0 heterocycles. The molecule has 0 saturated heterocycles. The first-order chi connectivity index (χ1) is 14.0. The maximum atomic E-state index is 13.9. The zero-order chi connectivity index (χ0) is 20.9. The van der Waals surface area contributed by atoms with Crippen molar-refractivity contribution in [2.75, 3.05) is 6.54 Å². The number of hydrogen-bond donors (Lipinski definition) is 0. The molecule has 1 aliphatic rings. The fraction of sp³-hybridized carbons (Fsp3) is 0.480. The molecule has 0 aliphatic heterocycles. The maximum Gasteiger partial charge on any atom is 0.159 e. The van der Waals surface area contributed by atoms with Gasteiger partial charge in [0.15, 0.2) is 11.6 Å². The highest BCUT2D eigenvalue weighted by Crippen LogP contribution is 2.50. The first kappa shape index (κ1) is 21.5. The lowest BCUT2D eigenvalue weighted by Crippen LogP contribution is -2.37. The van der Waals surface area contributed by atoms with E-state index in [0.29, 0.717) is 18.0 Å². The highest BCUT2D eigenvalue weighted by atomic mass is 19.2. The van der Waals surface area contributed by atoms with E-state index < -0.39 is 17.0 Å². The number of benzene rings is 2. The van der Waals surface area contributed by atoms with Crippen LogP contribution < -0.4 is 0 Å². The zero-order valence-corrected chi connectivity index (χ0v) is 17.4. The van der Waals surface area contributed by atoms with Gasteiger partial charge in [0.05, 0.1) is 11.5 Å². The van der Waals surface area contributed by atoms with Crippen LogP contribution in [0.25, 0.3) is 0 Å². The van der Waals surface area contributed by atoms with Crippen molar-refractivity contribution in [2.24, 2.45) is 5.92 Å². The second-order valence-corrected chi connectivity index (χ2v) is 8.14. The number of nitrogens with zero attached hydrogens (tertiary/aromatic N) is 2. The van der Waals surface area contributed by atoms with Crippen LogP contribution in [0.4, 0.5) is 8.78 Å². The van der Waals surface area contributed by atoms with Crippen molar-refractivity contribution in [1.82, 2.24) is 4.90 Å². The molecular weight excluding hydrogens is 366 g/mol. The SMILES string of the molecule is CCC(CCC(C#N)(c1ccc(F)c(F)c1)C1CC1)N(CC)Cc1ccccc1. The molecule has 1 fully saturated rings. The van der Waals surface area contributed by atoms with E-state index in [4.69, 9.17) is 0 Å². The smallest absolute Gasteiger partial charge is 0.159 e. The van der Waals surface area contributed by atoms with Gasteiger partial charge in [-0.15, -0.1) is 0 Å². The molecule has 2 atom stereocenters. The lowest BCUT2D eigenvalue weighted by molar-refractivity contribution is 0.171. The molecule has 2 aromatic carbocycles. The van der Waals surface area contributed by atoms with Gasteiger partial charge >= 0.3 is 0 Å². The molecule has 0 amide bonds. The van der Waals surface area contributed by atoms with Crippen LogP contribution in [0.5, 0.6) is 0 Å². The average molecular weight is 397 g/mol. The van der Waals surface area contributed by atoms with E-state index in [9.17, 15) is 14.0 Å². The summed E-state index contributed by atoms with van der Waals surface area (Å²) < 4.78 is 27.4. The number of hydrogen-bond acceptors (Lipinski definition) is 2. The summed E-state index contributed by atoms with van der Waals surface area (Å²) in [4.78, 5) is 2.45. The van der Waals surface area contributed by atoms with Gasteiger partial charge in [-0.2, -0.15) is 5.26 Å². The largest absolute Gasteiger partial charge is 0.296 e. The first-order valence-corrected chi connectivity index (χ1v) is 10.7. The van der Waals surface area contributed by atoms with E-state index in [0.717, 1.165) is 44.8 Å². The molecular formula is C25H30F2N2. The van der Waals surface area contributed by atoms with Crippen LogP contribution in [0, 0.1) is 28.9 Å². The monoisotopic (exact) mass is 396 g/mol. The number of rotatable bonds is 10. The molecule has 2 unspecified atom stereocenters. The lowest BCUT2D eigenvalue weighted by Gasteiger charge is -2.34. The summed E-state index contributed by atoms with van der Waals surface area (Å²) in [5.41, 5.74) is 1.18. The molecule has 0 bridgehead atoms. The summed E-state index contributed by atoms with van der Waals surface area (Å²) in [5, 5.41) is 10.1. The van der Waals surface area contributed by atoms with Gasteiger partial charge in [-0.3, -0.25) is 4.90 Å². The fourth-order valence-corrected chi connectivity index (χ4v) is 4.50. The minimum Gasteiger partial charge on any atom is -0.296 e. The second kappa shape index (κ2) is 9.50. The normalized spacial score (nSPS) is 17.0. The van der Waals surface area contributed by atoms with Gasteiger partial charge in [-0.25, -0.2) is 8.78 Å². The zero-order valence-electron chi connectivity index (χ0n) is 17.4. The third-order valence-corrected chi connectivity index (χ3v) is 6.40. The van der Waals surface area contributed by atoms with Crippen molar-refractivity contribution in [3.63, 3.8) is 0 Å². The third kappa shape index (κ3) is 4.85. The van der Waals surface area contributed by atoms with E-state index >= 15 is 0 Å². The van der Waals surface area contributed by atoms with Crippen LogP contribution in [-0.2, 0) is 12.0 Å². The second-order valence-electron chi connectivity index (χ2n) is 8.14. The number of nitriles is 1. The molecule has 4 heteroatoms. The van der Waals surface area contributed by atoms with Gasteiger partial charge in [0.25, 0.3) is 0 Å². The topological polar surface area (TPSA) is 27.0 Å². The van der Waals surface area contributed by atoms with Crippen molar-refractivity contribution < 1.29 is 8.78 Å². The molecule has 29 heavy (non-hydrogen) atoms. The average Bonchev–Trinajstić information content (AvgIpc) is 3.59. The predicted molar refractivity (Wildman–Crippen MR) is 112 cm³/mol. The Kier molecular flexibility index (Phi) is 7.03. The van der Waals surface area contributed by atoms with Gasteiger partial charge in [0, 0.05) is 12.6 Å². The molecule has 2 nitrogen and oxygen atoms in total. The van der Waals surface area contributed by atoms with E-state index in [1.807, 2.05) is 6.07 Å². The Labute approximate surface area is 173 Å². The molecule has 1 saturated carbocycles. The van der Waals surface area contributed by atoms with E-state index in [1.165, 1.54) is 11.6 Å². The van der Waals surface area contributed by atoms with E-state index in [-0.39, 0.29) is 5.92 Å². The summed E-state index contributed by atoms with van der Waals surface area (Å²) in [6, 6.07) is 17.3. The van der Waals surface area contributed by atoms with Crippen LogP contribution in [0.1, 0.15) is 57.1 Å². The molecule has 2 aromatic rings. The molecule has 3 rings (SSSR count). The van der Waals surface area contributed by atoms with Gasteiger partial charge in [-0.1, -0.05) is 50.2 Å². The van der Waals surface area contributed by atoms with Crippen LogP contribution in [0.15, 0.2) is 48.5 Å². The predicted octanol–water partition coefficient (Wildman–Crippen LogP) is 6.22. The Morgan fingerprint density at radius 1 is 1.10 bits per heavy atom. The molecule has 154 valence electrons. The quantitative estimate of drug-likeness (QED) is 0.477. The Balaban J connectivity index is 1.78. The van der Waals surface area contributed by atoms with Crippen LogP contribution in [0.3, 0.4) is 0 Å². The molecule has 0 aromatic heterocycles. The Morgan fingerprint density at radius 2 is 1.83 bits per heavy atom. The van der Waals surface area contributed by atoms with E-state index in [2.05, 4.69) is 49.1 Å². The lowest BCUT2D eigenvalue weighted by atomic mass is 9.73. The molecule has 0 spiro atoms. The van der Waals surface area contributed by atoms with Crippen molar-refractivity contribution in [3.8, 4) is 6.07 Å². The summed E-state index contributed by atoms with van der Waals surface area (Å²) in [6.07, 6.45) is 4.48. The Bertz CT molecular complexity index is 842. The standard InChI is InChI=1S/C25H30F2N2/c1-3-22(29(4-2)17-19-8-6-5-7-9-19)14-15-25(18-28,20-10-11-20)21-12-13-23(26)24(27)16-21/h5-9,12-13,16,20,22H,3-4,10-11,14-15,17H2,1-2H3. The Hall–Kier alpha value is -2.25.